The van der Waals surface area contributed by atoms with Crippen molar-refractivity contribution in [3.63, 3.8) is 0 Å². The van der Waals surface area contributed by atoms with Gasteiger partial charge in [-0.05, 0) is 97.4 Å². The van der Waals surface area contributed by atoms with E-state index in [1.807, 2.05) is 36.4 Å². The van der Waals surface area contributed by atoms with Gasteiger partial charge in [-0.3, -0.25) is 4.79 Å². The Labute approximate surface area is 221 Å². The standard InChI is InChI=1S/C34H37NO2/c1-33-22-30(24-9-12-26(13-10-24)35(2)3)32-28-16-14-27(36)21-25(28)11-15-29(32)31(33)18-20-34(33,37)19-17-23-7-5-4-6-8-23/h4-10,12-13,21,29-31,37H,11,14-16,18,20,22H2,1-3H3/t29-,30+,31?,33-,34-/m0/s1. The lowest BCUT2D eigenvalue weighted by Gasteiger charge is -2.53. The van der Waals surface area contributed by atoms with Crippen LogP contribution in [-0.4, -0.2) is 30.6 Å². The first-order valence-corrected chi connectivity index (χ1v) is 13.8. The Kier molecular flexibility index (Phi) is 5.92. The summed E-state index contributed by atoms with van der Waals surface area (Å²) in [4.78, 5) is 14.4. The van der Waals surface area contributed by atoms with Gasteiger partial charge in [0.25, 0.3) is 0 Å². The molecule has 0 aliphatic heterocycles. The van der Waals surface area contributed by atoms with Crippen LogP contribution in [0.3, 0.4) is 0 Å². The molecule has 0 spiro atoms. The molecule has 0 bridgehead atoms. The van der Waals surface area contributed by atoms with Gasteiger partial charge in [0.05, 0.1) is 0 Å². The molecule has 6 rings (SSSR count). The zero-order valence-electron chi connectivity index (χ0n) is 22.3. The molecule has 0 aromatic heterocycles. The van der Waals surface area contributed by atoms with Crippen molar-refractivity contribution in [2.24, 2.45) is 17.3 Å². The monoisotopic (exact) mass is 491 g/mol. The molecular formula is C34H37NO2. The van der Waals surface area contributed by atoms with Gasteiger partial charge in [-0.15, -0.1) is 0 Å². The minimum Gasteiger partial charge on any atom is -0.378 e. The lowest BCUT2D eigenvalue weighted by Crippen LogP contribution is -2.51. The van der Waals surface area contributed by atoms with E-state index in [0.29, 0.717) is 18.3 Å². The number of carbonyl (C=O) groups excluding carboxylic acids is 1. The SMILES string of the molecule is CN(C)c1ccc([C@H]2C[C@@]3(C)C(CC[C@@]3(O)C#Cc3ccccc3)[C@@H]3CCC4=CC(=O)CCC4=C32)cc1. The minimum atomic E-state index is -1.01. The van der Waals surface area contributed by atoms with Gasteiger partial charge in [0.2, 0.25) is 0 Å². The second kappa shape index (κ2) is 9.03. The number of anilines is 1. The van der Waals surface area contributed by atoms with Gasteiger partial charge in [-0.2, -0.15) is 0 Å². The summed E-state index contributed by atoms with van der Waals surface area (Å²) in [5.74, 6) is 8.06. The van der Waals surface area contributed by atoms with Crippen LogP contribution in [0.4, 0.5) is 5.69 Å². The minimum absolute atomic E-state index is 0.234. The van der Waals surface area contributed by atoms with Gasteiger partial charge in [0.15, 0.2) is 5.78 Å². The molecule has 3 nitrogen and oxygen atoms in total. The van der Waals surface area contributed by atoms with Gasteiger partial charge in [0.1, 0.15) is 5.60 Å². The molecule has 4 aliphatic rings. The lowest BCUT2D eigenvalue weighted by atomic mass is 9.51. The second-order valence-electron chi connectivity index (χ2n) is 12.0. The average molecular weight is 492 g/mol. The Bertz CT molecular complexity index is 1340. The molecule has 4 aliphatic carbocycles. The van der Waals surface area contributed by atoms with E-state index in [4.69, 9.17) is 0 Å². The summed E-state index contributed by atoms with van der Waals surface area (Å²) < 4.78 is 0. The molecule has 0 saturated heterocycles. The zero-order valence-corrected chi connectivity index (χ0v) is 22.3. The number of hydrogen-bond acceptors (Lipinski definition) is 3. The Morgan fingerprint density at radius 2 is 1.73 bits per heavy atom. The molecule has 3 heteroatoms. The summed E-state index contributed by atoms with van der Waals surface area (Å²) in [6, 6.07) is 19.0. The largest absolute Gasteiger partial charge is 0.378 e. The summed E-state index contributed by atoms with van der Waals surface area (Å²) in [5.41, 5.74) is 6.45. The van der Waals surface area contributed by atoms with Crippen LogP contribution < -0.4 is 4.90 Å². The van der Waals surface area contributed by atoms with Crippen LogP contribution in [-0.2, 0) is 4.79 Å². The summed E-state index contributed by atoms with van der Waals surface area (Å²) in [7, 11) is 4.15. The Balaban J connectivity index is 1.46. The molecule has 0 heterocycles. The first-order valence-electron chi connectivity index (χ1n) is 13.8. The Morgan fingerprint density at radius 1 is 0.973 bits per heavy atom. The van der Waals surface area contributed by atoms with Crippen molar-refractivity contribution in [3.05, 3.63) is 88.5 Å². The molecule has 2 fully saturated rings. The summed E-state index contributed by atoms with van der Waals surface area (Å²) in [6.45, 7) is 2.31. The Hall–Kier alpha value is -3.09. The van der Waals surface area contributed by atoms with Gasteiger partial charge in [-0.1, -0.05) is 54.7 Å². The van der Waals surface area contributed by atoms with Gasteiger partial charge in [0, 0.05) is 43.1 Å². The van der Waals surface area contributed by atoms with E-state index in [1.54, 1.807) is 5.57 Å². The van der Waals surface area contributed by atoms with Crippen LogP contribution in [0.2, 0.25) is 0 Å². The quantitative estimate of drug-likeness (QED) is 0.492. The van der Waals surface area contributed by atoms with Crippen LogP contribution in [0.1, 0.15) is 68.9 Å². The van der Waals surface area contributed by atoms with Crippen LogP contribution >= 0.6 is 0 Å². The lowest BCUT2D eigenvalue weighted by molar-refractivity contribution is -0.114. The number of hydrogen-bond donors (Lipinski definition) is 1. The zero-order chi connectivity index (χ0) is 25.8. The molecular weight excluding hydrogens is 454 g/mol. The topological polar surface area (TPSA) is 40.5 Å². The van der Waals surface area contributed by atoms with Crippen LogP contribution in [0.25, 0.3) is 0 Å². The summed E-state index contributed by atoms with van der Waals surface area (Å²) in [5, 5.41) is 12.2. The number of nitrogens with zero attached hydrogens (tertiary/aromatic N) is 1. The number of rotatable bonds is 2. The molecule has 0 radical (unpaired) electrons. The highest BCUT2D eigenvalue weighted by molar-refractivity contribution is 5.93. The predicted molar refractivity (Wildman–Crippen MR) is 149 cm³/mol. The van der Waals surface area contributed by atoms with Crippen LogP contribution in [0.5, 0.6) is 0 Å². The third-order valence-electron chi connectivity index (χ3n) is 9.89. The molecule has 37 heavy (non-hydrogen) atoms. The fraction of sp³-hybridized carbons (Fsp3) is 0.441. The van der Waals surface area contributed by atoms with E-state index < -0.39 is 5.60 Å². The van der Waals surface area contributed by atoms with Crippen LogP contribution in [0.15, 0.2) is 77.4 Å². The van der Waals surface area contributed by atoms with E-state index in [2.05, 4.69) is 62.0 Å². The molecule has 2 saturated carbocycles. The smallest absolute Gasteiger partial charge is 0.156 e. The van der Waals surface area contributed by atoms with E-state index in [1.165, 1.54) is 22.4 Å². The summed E-state index contributed by atoms with van der Waals surface area (Å²) in [6.07, 6.45) is 8.06. The number of aliphatic hydroxyl groups is 1. The molecule has 190 valence electrons. The fourth-order valence-corrected chi connectivity index (χ4v) is 7.87. The van der Waals surface area contributed by atoms with E-state index in [0.717, 1.165) is 44.1 Å². The fourth-order valence-electron chi connectivity index (χ4n) is 7.87. The van der Waals surface area contributed by atoms with Crippen molar-refractivity contribution in [2.75, 3.05) is 19.0 Å². The molecule has 2 aromatic rings. The van der Waals surface area contributed by atoms with Gasteiger partial charge >= 0.3 is 0 Å². The maximum atomic E-state index is 12.3. The first kappa shape index (κ1) is 24.3. The number of ketones is 1. The van der Waals surface area contributed by atoms with Crippen molar-refractivity contribution in [2.45, 2.75) is 63.4 Å². The number of fused-ring (bicyclic) bond motifs is 4. The number of allylic oxidation sites excluding steroid dienone is 4. The maximum Gasteiger partial charge on any atom is 0.156 e. The third kappa shape index (κ3) is 3.98. The highest BCUT2D eigenvalue weighted by Gasteiger charge is 2.62. The van der Waals surface area contributed by atoms with E-state index in [9.17, 15) is 9.90 Å². The molecule has 2 aromatic carbocycles. The summed E-state index contributed by atoms with van der Waals surface area (Å²) >= 11 is 0. The van der Waals surface area contributed by atoms with Crippen molar-refractivity contribution in [1.82, 2.24) is 0 Å². The highest BCUT2D eigenvalue weighted by Crippen LogP contribution is 2.66. The average Bonchev–Trinajstić information content (AvgIpc) is 3.17. The van der Waals surface area contributed by atoms with Crippen molar-refractivity contribution in [1.29, 1.82) is 0 Å². The second-order valence-corrected chi connectivity index (χ2v) is 12.0. The van der Waals surface area contributed by atoms with Crippen molar-refractivity contribution >= 4 is 11.5 Å². The molecule has 1 N–H and O–H groups in total. The highest BCUT2D eigenvalue weighted by atomic mass is 16.3. The van der Waals surface area contributed by atoms with Gasteiger partial charge in [-0.25, -0.2) is 0 Å². The van der Waals surface area contributed by atoms with E-state index in [-0.39, 0.29) is 17.1 Å². The maximum absolute atomic E-state index is 12.3. The third-order valence-corrected chi connectivity index (χ3v) is 9.89. The van der Waals surface area contributed by atoms with Crippen molar-refractivity contribution in [3.8, 4) is 11.8 Å². The number of carbonyl (C=O) groups is 1. The van der Waals surface area contributed by atoms with Crippen LogP contribution in [0, 0.1) is 29.1 Å². The molecule has 0 amide bonds. The number of benzene rings is 2. The first-order chi connectivity index (χ1) is 17.8. The van der Waals surface area contributed by atoms with E-state index >= 15 is 0 Å². The van der Waals surface area contributed by atoms with Gasteiger partial charge < -0.3 is 10.0 Å². The van der Waals surface area contributed by atoms with Crippen molar-refractivity contribution < 1.29 is 9.90 Å². The predicted octanol–water partition coefficient (Wildman–Crippen LogP) is 6.43. The molecule has 5 atom stereocenters. The Morgan fingerprint density at radius 3 is 2.46 bits per heavy atom. The normalized spacial score (nSPS) is 32.5. The molecule has 1 unspecified atom stereocenters.